The average molecular weight is 390 g/mol. The molecule has 0 aromatic heterocycles. The van der Waals surface area contributed by atoms with Crippen LogP contribution < -0.4 is 24.8 Å². The Hall–Kier alpha value is -3.00. The number of hydrogen-bond acceptors (Lipinski definition) is 6. The van der Waals surface area contributed by atoms with E-state index in [0.29, 0.717) is 22.9 Å². The molecule has 0 aliphatic rings. The highest BCUT2D eigenvalue weighted by molar-refractivity contribution is 7.80. The fourth-order valence-electron chi connectivity index (χ4n) is 2.44. The third-order valence-electron chi connectivity index (χ3n) is 4.01. The second-order valence-corrected chi connectivity index (χ2v) is 6.18. The number of hydrogen-bond donors (Lipinski definition) is 3. The van der Waals surface area contributed by atoms with Gasteiger partial charge >= 0.3 is 0 Å². The first-order valence-electron chi connectivity index (χ1n) is 8.03. The number of nitrogens with one attached hydrogen (secondary N) is 2. The van der Waals surface area contributed by atoms with Crippen LogP contribution in [-0.2, 0) is 0 Å². The van der Waals surface area contributed by atoms with Crippen LogP contribution in [-0.4, -0.2) is 37.5 Å². The summed E-state index contributed by atoms with van der Waals surface area (Å²) in [5.74, 6) is 0.676. The summed E-state index contributed by atoms with van der Waals surface area (Å²) in [4.78, 5) is 12.5. The van der Waals surface area contributed by atoms with Crippen molar-refractivity contribution in [2.75, 3.05) is 26.6 Å². The van der Waals surface area contributed by atoms with Crippen molar-refractivity contribution in [1.82, 2.24) is 5.32 Å². The Morgan fingerprint density at radius 1 is 0.963 bits per heavy atom. The van der Waals surface area contributed by atoms with Crippen LogP contribution in [0.15, 0.2) is 24.3 Å². The van der Waals surface area contributed by atoms with E-state index in [1.54, 1.807) is 12.1 Å². The number of carbonyl (C=O) groups is 1. The van der Waals surface area contributed by atoms with Gasteiger partial charge in [-0.15, -0.1) is 0 Å². The molecule has 2 aromatic carbocycles. The van der Waals surface area contributed by atoms with Crippen LogP contribution in [0.4, 0.5) is 5.69 Å². The molecule has 0 atom stereocenters. The summed E-state index contributed by atoms with van der Waals surface area (Å²) >= 11 is 5.18. The van der Waals surface area contributed by atoms with E-state index in [9.17, 15) is 9.90 Å². The molecule has 2 rings (SSSR count). The van der Waals surface area contributed by atoms with Crippen LogP contribution in [0, 0.1) is 13.8 Å². The first-order valence-corrected chi connectivity index (χ1v) is 8.44. The first-order chi connectivity index (χ1) is 12.8. The normalized spacial score (nSPS) is 10.1. The summed E-state index contributed by atoms with van der Waals surface area (Å²) in [5.41, 5.74) is 2.62. The lowest BCUT2D eigenvalue weighted by atomic mass is 10.1. The predicted octanol–water partition coefficient (Wildman–Crippen LogP) is 3.16. The number of carbonyl (C=O) groups excluding carboxylic acids is 1. The van der Waals surface area contributed by atoms with E-state index in [4.69, 9.17) is 26.4 Å². The molecule has 0 aliphatic carbocycles. The van der Waals surface area contributed by atoms with Gasteiger partial charge in [0.15, 0.2) is 16.6 Å². The number of methoxy groups -OCH3 is 3. The number of amides is 1. The number of ether oxygens (including phenoxy) is 3. The van der Waals surface area contributed by atoms with Gasteiger partial charge in [0.1, 0.15) is 5.75 Å². The number of benzene rings is 2. The smallest absolute Gasteiger partial charge is 0.257 e. The van der Waals surface area contributed by atoms with E-state index in [-0.39, 0.29) is 16.4 Å². The van der Waals surface area contributed by atoms with Gasteiger partial charge in [-0.2, -0.15) is 0 Å². The number of phenolic OH excluding ortho intramolecular Hbond substituents is 1. The van der Waals surface area contributed by atoms with E-state index in [1.807, 2.05) is 13.8 Å². The van der Waals surface area contributed by atoms with Gasteiger partial charge in [-0.05, 0) is 61.5 Å². The zero-order valence-electron chi connectivity index (χ0n) is 15.8. The molecule has 1 amide bonds. The van der Waals surface area contributed by atoms with E-state index in [0.717, 1.165) is 11.1 Å². The number of aromatic hydroxyl groups is 1. The van der Waals surface area contributed by atoms with Gasteiger partial charge in [0.2, 0.25) is 5.75 Å². The van der Waals surface area contributed by atoms with Gasteiger partial charge < -0.3 is 24.6 Å². The van der Waals surface area contributed by atoms with Crippen molar-refractivity contribution in [3.05, 3.63) is 41.0 Å². The Bertz CT molecular complexity index is 858. The standard InChI is InChI=1S/C19H22N2O5S/c1-10-6-13(14(22)7-11(10)2)20-19(27)21-18(23)12-8-15(24-3)17(26-5)16(9-12)25-4/h6-9,22H,1-5H3,(H2,20,21,23,27). The molecular weight excluding hydrogens is 368 g/mol. The fraction of sp³-hybridized carbons (Fsp3) is 0.263. The maximum atomic E-state index is 12.5. The molecule has 27 heavy (non-hydrogen) atoms. The van der Waals surface area contributed by atoms with Crippen LogP contribution in [0.1, 0.15) is 21.5 Å². The molecule has 144 valence electrons. The molecule has 2 aromatic rings. The molecule has 0 bridgehead atoms. The van der Waals surface area contributed by atoms with Crippen LogP contribution in [0.2, 0.25) is 0 Å². The third kappa shape index (κ3) is 4.59. The summed E-state index contributed by atoms with van der Waals surface area (Å²) in [6.07, 6.45) is 0. The Kier molecular flexibility index (Phi) is 6.46. The molecule has 3 N–H and O–H groups in total. The van der Waals surface area contributed by atoms with Crippen LogP contribution >= 0.6 is 12.2 Å². The average Bonchev–Trinajstić information content (AvgIpc) is 2.64. The predicted molar refractivity (Wildman–Crippen MR) is 107 cm³/mol. The lowest BCUT2D eigenvalue weighted by Crippen LogP contribution is -2.34. The molecule has 0 fully saturated rings. The third-order valence-corrected chi connectivity index (χ3v) is 4.22. The Labute approximate surface area is 163 Å². The highest BCUT2D eigenvalue weighted by Crippen LogP contribution is 2.38. The molecule has 7 nitrogen and oxygen atoms in total. The maximum absolute atomic E-state index is 12.5. The van der Waals surface area contributed by atoms with Gasteiger partial charge in [-0.3, -0.25) is 10.1 Å². The molecule has 0 radical (unpaired) electrons. The van der Waals surface area contributed by atoms with Crippen molar-refractivity contribution in [2.24, 2.45) is 0 Å². The van der Waals surface area contributed by atoms with E-state index in [2.05, 4.69) is 10.6 Å². The highest BCUT2D eigenvalue weighted by atomic mass is 32.1. The summed E-state index contributed by atoms with van der Waals surface area (Å²) in [6.45, 7) is 3.81. The zero-order valence-corrected chi connectivity index (χ0v) is 16.6. The minimum atomic E-state index is -0.463. The largest absolute Gasteiger partial charge is 0.506 e. The number of thiocarbonyl (C=S) groups is 1. The Morgan fingerprint density at radius 3 is 2.04 bits per heavy atom. The topological polar surface area (TPSA) is 89.1 Å². The van der Waals surface area contributed by atoms with Gasteiger partial charge in [0.25, 0.3) is 5.91 Å². The molecule has 0 aliphatic heterocycles. The van der Waals surface area contributed by atoms with Gasteiger partial charge in [0, 0.05) is 5.56 Å². The minimum Gasteiger partial charge on any atom is -0.506 e. The molecule has 8 heteroatoms. The van der Waals surface area contributed by atoms with Crippen molar-refractivity contribution in [3.8, 4) is 23.0 Å². The lowest BCUT2D eigenvalue weighted by molar-refractivity contribution is 0.0977. The SMILES string of the molecule is COc1cc(C(=O)NC(=S)Nc2cc(C)c(C)cc2O)cc(OC)c1OC. The summed E-state index contributed by atoms with van der Waals surface area (Å²) < 4.78 is 15.7. The first kappa shape index (κ1) is 20.3. The van der Waals surface area contributed by atoms with Crippen molar-refractivity contribution in [2.45, 2.75) is 13.8 Å². The van der Waals surface area contributed by atoms with Crippen molar-refractivity contribution >= 4 is 28.9 Å². The fourth-order valence-corrected chi connectivity index (χ4v) is 2.64. The van der Waals surface area contributed by atoms with Crippen LogP contribution in [0.3, 0.4) is 0 Å². The van der Waals surface area contributed by atoms with Crippen molar-refractivity contribution < 1.29 is 24.1 Å². The maximum Gasteiger partial charge on any atom is 0.257 e. The van der Waals surface area contributed by atoms with Gasteiger partial charge in [0.05, 0.1) is 27.0 Å². The van der Waals surface area contributed by atoms with Crippen LogP contribution in [0.25, 0.3) is 0 Å². The lowest BCUT2D eigenvalue weighted by Gasteiger charge is -2.15. The molecule has 0 unspecified atom stereocenters. The summed E-state index contributed by atoms with van der Waals surface area (Å²) in [5, 5.41) is 15.5. The number of phenols is 1. The number of aryl methyl sites for hydroxylation is 2. The highest BCUT2D eigenvalue weighted by Gasteiger charge is 2.18. The summed E-state index contributed by atoms with van der Waals surface area (Å²) in [7, 11) is 4.41. The molecular formula is C19H22N2O5S. The molecule has 0 saturated carbocycles. The second kappa shape index (κ2) is 8.59. The van der Waals surface area contributed by atoms with E-state index >= 15 is 0 Å². The van der Waals surface area contributed by atoms with E-state index in [1.165, 1.54) is 33.5 Å². The Morgan fingerprint density at radius 2 is 1.52 bits per heavy atom. The quantitative estimate of drug-likeness (QED) is 0.534. The Balaban J connectivity index is 2.19. The van der Waals surface area contributed by atoms with Gasteiger partial charge in [-0.25, -0.2) is 0 Å². The molecule has 0 saturated heterocycles. The minimum absolute atomic E-state index is 0.0440. The molecule has 0 heterocycles. The number of anilines is 1. The van der Waals surface area contributed by atoms with Gasteiger partial charge in [-0.1, -0.05) is 0 Å². The van der Waals surface area contributed by atoms with Crippen molar-refractivity contribution in [1.29, 1.82) is 0 Å². The monoisotopic (exact) mass is 390 g/mol. The molecule has 0 spiro atoms. The number of rotatable bonds is 5. The second-order valence-electron chi connectivity index (χ2n) is 5.78. The van der Waals surface area contributed by atoms with Crippen molar-refractivity contribution in [3.63, 3.8) is 0 Å². The van der Waals surface area contributed by atoms with E-state index < -0.39 is 5.91 Å². The summed E-state index contributed by atoms with van der Waals surface area (Å²) in [6, 6.07) is 6.42. The zero-order chi connectivity index (χ0) is 20.1. The van der Waals surface area contributed by atoms with Crippen LogP contribution in [0.5, 0.6) is 23.0 Å².